The van der Waals surface area contributed by atoms with E-state index in [0.29, 0.717) is 35.7 Å². The molecule has 0 fully saturated rings. The Morgan fingerprint density at radius 1 is 1.20 bits per heavy atom. The van der Waals surface area contributed by atoms with Crippen LogP contribution in [0, 0.1) is 5.82 Å². The molecular formula is C16H13ClFNO. The Bertz CT molecular complexity index is 671. The number of benzene rings is 2. The van der Waals surface area contributed by atoms with E-state index >= 15 is 0 Å². The first-order chi connectivity index (χ1) is 9.65. The molecule has 0 amide bonds. The number of fused-ring (bicyclic) bond motifs is 1. The van der Waals surface area contributed by atoms with Gasteiger partial charge in [-0.2, -0.15) is 0 Å². The number of carbonyl (C=O) groups is 1. The highest BCUT2D eigenvalue weighted by molar-refractivity contribution is 6.30. The fraction of sp³-hybridized carbons (Fsp3) is 0.188. The Kier molecular flexibility index (Phi) is 3.45. The first kappa shape index (κ1) is 13.1. The predicted octanol–water partition coefficient (Wildman–Crippen LogP) is 4.07. The number of Topliss-reactive ketones (excluding diaryl/α,β-unsaturated/α-hetero) is 1. The molecule has 0 unspecified atom stereocenters. The predicted molar refractivity (Wildman–Crippen MR) is 77.8 cm³/mol. The lowest BCUT2D eigenvalue weighted by atomic mass is 10.00. The molecule has 4 heteroatoms. The van der Waals surface area contributed by atoms with Crippen LogP contribution in [0.4, 0.5) is 10.1 Å². The number of carbonyl (C=O) groups excluding carboxylic acids is 1. The molecule has 2 aromatic rings. The molecule has 2 aromatic carbocycles. The van der Waals surface area contributed by atoms with Crippen molar-refractivity contribution in [2.75, 3.05) is 11.4 Å². The maximum Gasteiger partial charge on any atom is 0.166 e. The molecule has 0 aromatic heterocycles. The summed E-state index contributed by atoms with van der Waals surface area (Å²) in [4.78, 5) is 13.9. The van der Waals surface area contributed by atoms with Crippen LogP contribution in [0.2, 0.25) is 5.02 Å². The second-order valence-corrected chi connectivity index (χ2v) is 5.28. The van der Waals surface area contributed by atoms with E-state index in [4.69, 9.17) is 11.6 Å². The van der Waals surface area contributed by atoms with Gasteiger partial charge in [-0.15, -0.1) is 0 Å². The molecule has 20 heavy (non-hydrogen) atoms. The molecule has 0 radical (unpaired) electrons. The van der Waals surface area contributed by atoms with Crippen LogP contribution in [-0.4, -0.2) is 12.3 Å². The van der Waals surface area contributed by atoms with Crippen molar-refractivity contribution in [2.24, 2.45) is 0 Å². The number of halogens is 2. The highest BCUT2D eigenvalue weighted by atomic mass is 35.5. The second-order valence-electron chi connectivity index (χ2n) is 4.85. The summed E-state index contributed by atoms with van der Waals surface area (Å²) >= 11 is 5.92. The Balaban J connectivity index is 1.94. The number of anilines is 1. The summed E-state index contributed by atoms with van der Waals surface area (Å²) in [5.74, 6) is -0.132. The molecule has 102 valence electrons. The van der Waals surface area contributed by atoms with Gasteiger partial charge >= 0.3 is 0 Å². The number of para-hydroxylation sites is 1. The number of ketones is 1. The average molecular weight is 290 g/mol. The lowest BCUT2D eigenvalue weighted by Gasteiger charge is -2.30. The summed E-state index contributed by atoms with van der Waals surface area (Å²) in [6.45, 7) is 1.01. The molecule has 0 N–H and O–H groups in total. The van der Waals surface area contributed by atoms with Crippen LogP contribution in [0.5, 0.6) is 0 Å². The van der Waals surface area contributed by atoms with Crippen LogP contribution in [-0.2, 0) is 6.54 Å². The van der Waals surface area contributed by atoms with E-state index in [-0.39, 0.29) is 11.6 Å². The van der Waals surface area contributed by atoms with Gasteiger partial charge in [0.1, 0.15) is 5.82 Å². The van der Waals surface area contributed by atoms with E-state index in [2.05, 4.69) is 0 Å². The highest BCUT2D eigenvalue weighted by Crippen LogP contribution is 2.29. The molecule has 0 atom stereocenters. The molecule has 1 aliphatic heterocycles. The van der Waals surface area contributed by atoms with Crippen molar-refractivity contribution in [1.82, 2.24) is 0 Å². The average Bonchev–Trinajstić information content (AvgIpc) is 2.46. The largest absolute Gasteiger partial charge is 0.366 e. The summed E-state index contributed by atoms with van der Waals surface area (Å²) in [6.07, 6.45) is 0.458. The van der Waals surface area contributed by atoms with Crippen molar-refractivity contribution in [2.45, 2.75) is 13.0 Å². The minimum atomic E-state index is -0.274. The van der Waals surface area contributed by atoms with Gasteiger partial charge < -0.3 is 4.90 Å². The lowest BCUT2D eigenvalue weighted by Crippen LogP contribution is -2.31. The number of rotatable bonds is 2. The van der Waals surface area contributed by atoms with E-state index in [9.17, 15) is 9.18 Å². The van der Waals surface area contributed by atoms with Crippen molar-refractivity contribution >= 4 is 23.1 Å². The molecule has 1 heterocycles. The molecule has 1 aliphatic rings. The molecule has 0 spiro atoms. The van der Waals surface area contributed by atoms with Crippen molar-refractivity contribution < 1.29 is 9.18 Å². The SMILES string of the molecule is O=C1CCN(Cc2cc(Cl)ccc2F)c2ccccc21. The zero-order valence-electron chi connectivity index (χ0n) is 10.8. The maximum absolute atomic E-state index is 13.8. The molecule has 0 saturated carbocycles. The summed E-state index contributed by atoms with van der Waals surface area (Å²) in [5.41, 5.74) is 2.12. The number of hydrogen-bond acceptors (Lipinski definition) is 2. The van der Waals surface area contributed by atoms with Crippen LogP contribution in [0.1, 0.15) is 22.3 Å². The Labute approximate surface area is 121 Å². The minimum Gasteiger partial charge on any atom is -0.366 e. The van der Waals surface area contributed by atoms with Gasteiger partial charge in [0.15, 0.2) is 5.78 Å². The normalized spacial score (nSPS) is 14.3. The van der Waals surface area contributed by atoms with E-state index in [1.54, 1.807) is 6.07 Å². The molecule has 3 rings (SSSR count). The maximum atomic E-state index is 13.8. The van der Waals surface area contributed by atoms with E-state index in [1.165, 1.54) is 12.1 Å². The zero-order chi connectivity index (χ0) is 14.1. The van der Waals surface area contributed by atoms with E-state index in [0.717, 1.165) is 5.69 Å². The molecule has 2 nitrogen and oxygen atoms in total. The molecule has 0 aliphatic carbocycles. The van der Waals surface area contributed by atoms with Crippen molar-refractivity contribution in [3.63, 3.8) is 0 Å². The van der Waals surface area contributed by atoms with Gasteiger partial charge in [-0.1, -0.05) is 23.7 Å². The number of nitrogens with zero attached hydrogens (tertiary/aromatic N) is 1. The Morgan fingerprint density at radius 3 is 2.85 bits per heavy atom. The molecule has 0 saturated heterocycles. The van der Waals surface area contributed by atoms with Gasteiger partial charge in [-0.25, -0.2) is 4.39 Å². The van der Waals surface area contributed by atoms with Crippen molar-refractivity contribution in [3.8, 4) is 0 Å². The van der Waals surface area contributed by atoms with Gasteiger partial charge in [-0.05, 0) is 30.3 Å². The van der Waals surface area contributed by atoms with Gasteiger partial charge in [0, 0.05) is 41.3 Å². The monoisotopic (exact) mass is 289 g/mol. The third-order valence-electron chi connectivity index (χ3n) is 3.52. The van der Waals surface area contributed by atoms with Crippen LogP contribution in [0.25, 0.3) is 0 Å². The third kappa shape index (κ3) is 2.41. The van der Waals surface area contributed by atoms with Gasteiger partial charge in [0.25, 0.3) is 0 Å². The van der Waals surface area contributed by atoms with Crippen LogP contribution < -0.4 is 4.90 Å². The van der Waals surface area contributed by atoms with Crippen LogP contribution in [0.3, 0.4) is 0 Å². The molecule has 0 bridgehead atoms. The minimum absolute atomic E-state index is 0.142. The summed E-state index contributed by atoms with van der Waals surface area (Å²) in [6, 6.07) is 12.0. The van der Waals surface area contributed by atoms with Crippen molar-refractivity contribution in [1.29, 1.82) is 0 Å². The fourth-order valence-electron chi connectivity index (χ4n) is 2.51. The third-order valence-corrected chi connectivity index (χ3v) is 3.76. The van der Waals surface area contributed by atoms with E-state index in [1.807, 2.05) is 29.2 Å². The standard InChI is InChI=1S/C16H13ClFNO/c17-12-5-6-14(18)11(9-12)10-19-8-7-16(20)13-3-1-2-4-15(13)19/h1-6,9H,7-8,10H2. The van der Waals surface area contributed by atoms with Gasteiger partial charge in [0.2, 0.25) is 0 Å². The molecular weight excluding hydrogens is 277 g/mol. The van der Waals surface area contributed by atoms with Gasteiger partial charge in [-0.3, -0.25) is 4.79 Å². The van der Waals surface area contributed by atoms with Crippen molar-refractivity contribution in [3.05, 3.63) is 64.4 Å². The smallest absolute Gasteiger partial charge is 0.166 e. The summed E-state index contributed by atoms with van der Waals surface area (Å²) in [5, 5.41) is 0.516. The highest BCUT2D eigenvalue weighted by Gasteiger charge is 2.23. The topological polar surface area (TPSA) is 20.3 Å². The van der Waals surface area contributed by atoms with Crippen LogP contribution >= 0.6 is 11.6 Å². The fourth-order valence-corrected chi connectivity index (χ4v) is 2.71. The Hall–Kier alpha value is -1.87. The summed E-state index contributed by atoms with van der Waals surface area (Å²) < 4.78 is 13.8. The first-order valence-electron chi connectivity index (χ1n) is 6.46. The zero-order valence-corrected chi connectivity index (χ0v) is 11.5. The number of hydrogen-bond donors (Lipinski definition) is 0. The first-order valence-corrected chi connectivity index (χ1v) is 6.84. The van der Waals surface area contributed by atoms with E-state index < -0.39 is 0 Å². The van der Waals surface area contributed by atoms with Gasteiger partial charge in [0.05, 0.1) is 0 Å². The van der Waals surface area contributed by atoms with Crippen LogP contribution in [0.15, 0.2) is 42.5 Å². The quantitative estimate of drug-likeness (QED) is 0.830. The second kappa shape index (κ2) is 5.25. The Morgan fingerprint density at radius 2 is 2.00 bits per heavy atom. The summed E-state index contributed by atoms with van der Waals surface area (Å²) in [7, 11) is 0. The lowest BCUT2D eigenvalue weighted by molar-refractivity contribution is 0.0979.